The fourth-order valence-electron chi connectivity index (χ4n) is 0.942. The summed E-state index contributed by atoms with van der Waals surface area (Å²) in [5, 5.41) is 8.55. The van der Waals surface area contributed by atoms with Crippen molar-refractivity contribution < 1.29 is 4.39 Å². The fraction of sp³-hybridized carbons (Fsp3) is 0.100. The monoisotopic (exact) mass is 176 g/mol. The Kier molecular flexibility index (Phi) is 2.65. The van der Waals surface area contributed by atoms with Gasteiger partial charge >= 0.3 is 0 Å². The number of allylic oxidation sites excluding steroid dienone is 1. The largest absolute Gasteiger partial charge is 0.397 e. The number of benzene rings is 1. The SMILES string of the molecule is C/C(C#N)=C(/N)c1ccccc1F. The molecule has 3 heteroatoms. The average molecular weight is 176 g/mol. The summed E-state index contributed by atoms with van der Waals surface area (Å²) in [5.74, 6) is -0.408. The minimum atomic E-state index is -0.408. The number of nitrogens with two attached hydrogens (primary N) is 1. The Labute approximate surface area is 76.1 Å². The molecule has 0 radical (unpaired) electrons. The number of halogens is 1. The molecule has 0 aromatic heterocycles. The predicted octanol–water partition coefficient (Wildman–Crippen LogP) is 2.04. The van der Waals surface area contributed by atoms with Gasteiger partial charge in [-0.25, -0.2) is 4.39 Å². The summed E-state index contributed by atoms with van der Waals surface area (Å²) in [6.45, 7) is 1.56. The Balaban J connectivity index is 3.26. The van der Waals surface area contributed by atoms with Gasteiger partial charge in [0.1, 0.15) is 5.82 Å². The van der Waals surface area contributed by atoms with Crippen molar-refractivity contribution in [2.24, 2.45) is 5.73 Å². The third kappa shape index (κ3) is 1.85. The Morgan fingerprint density at radius 3 is 2.62 bits per heavy atom. The first-order valence-electron chi connectivity index (χ1n) is 3.78. The van der Waals surface area contributed by atoms with Crippen LogP contribution >= 0.6 is 0 Å². The zero-order valence-electron chi connectivity index (χ0n) is 7.21. The van der Waals surface area contributed by atoms with E-state index in [0.717, 1.165) is 0 Å². The molecular formula is C10H9FN2. The van der Waals surface area contributed by atoms with E-state index in [2.05, 4.69) is 0 Å². The second kappa shape index (κ2) is 3.72. The third-order valence-electron chi connectivity index (χ3n) is 1.74. The van der Waals surface area contributed by atoms with Gasteiger partial charge in [0.15, 0.2) is 0 Å². The minimum absolute atomic E-state index is 0.195. The fourth-order valence-corrected chi connectivity index (χ4v) is 0.942. The van der Waals surface area contributed by atoms with Crippen LogP contribution in [0.3, 0.4) is 0 Å². The number of nitriles is 1. The van der Waals surface area contributed by atoms with E-state index in [9.17, 15) is 4.39 Å². The van der Waals surface area contributed by atoms with Gasteiger partial charge in [-0.15, -0.1) is 0 Å². The Morgan fingerprint density at radius 2 is 2.08 bits per heavy atom. The molecular weight excluding hydrogens is 167 g/mol. The standard InChI is InChI=1S/C10H9FN2/c1-7(6-12)10(13)8-4-2-3-5-9(8)11/h2-5H,13H2,1H3/b10-7-. The van der Waals surface area contributed by atoms with Crippen molar-refractivity contribution in [3.8, 4) is 6.07 Å². The first-order chi connectivity index (χ1) is 6.16. The smallest absolute Gasteiger partial charge is 0.132 e. The number of rotatable bonds is 1. The molecule has 0 aliphatic carbocycles. The van der Waals surface area contributed by atoms with E-state index in [0.29, 0.717) is 5.57 Å². The van der Waals surface area contributed by atoms with Gasteiger partial charge in [0.05, 0.1) is 17.3 Å². The van der Waals surface area contributed by atoms with E-state index >= 15 is 0 Å². The molecule has 0 amide bonds. The van der Waals surface area contributed by atoms with Crippen molar-refractivity contribution in [1.82, 2.24) is 0 Å². The van der Waals surface area contributed by atoms with E-state index in [1.54, 1.807) is 25.1 Å². The molecule has 13 heavy (non-hydrogen) atoms. The van der Waals surface area contributed by atoms with E-state index in [1.807, 2.05) is 6.07 Å². The molecule has 2 nitrogen and oxygen atoms in total. The van der Waals surface area contributed by atoms with Crippen molar-refractivity contribution in [2.45, 2.75) is 6.92 Å². The topological polar surface area (TPSA) is 49.8 Å². The number of nitrogens with zero attached hydrogens (tertiary/aromatic N) is 1. The molecule has 1 rings (SSSR count). The molecule has 0 fully saturated rings. The lowest BCUT2D eigenvalue weighted by Gasteiger charge is -2.03. The highest BCUT2D eigenvalue weighted by molar-refractivity contribution is 5.68. The molecule has 0 atom stereocenters. The van der Waals surface area contributed by atoms with Gasteiger partial charge in [0, 0.05) is 5.56 Å². The van der Waals surface area contributed by atoms with Crippen LogP contribution in [0.1, 0.15) is 12.5 Å². The maximum absolute atomic E-state index is 13.1. The molecule has 0 aliphatic rings. The summed E-state index contributed by atoms with van der Waals surface area (Å²) in [4.78, 5) is 0. The maximum Gasteiger partial charge on any atom is 0.132 e. The summed E-state index contributed by atoms with van der Waals surface area (Å²) in [5.41, 5.74) is 6.37. The summed E-state index contributed by atoms with van der Waals surface area (Å²) in [6, 6.07) is 7.99. The average Bonchev–Trinajstić information content (AvgIpc) is 2.16. The quantitative estimate of drug-likeness (QED) is 0.665. The molecule has 0 bridgehead atoms. The molecule has 0 saturated carbocycles. The summed E-state index contributed by atoms with van der Waals surface area (Å²) < 4.78 is 13.1. The lowest BCUT2D eigenvalue weighted by Crippen LogP contribution is -2.01. The molecule has 1 aromatic carbocycles. The lowest BCUT2D eigenvalue weighted by molar-refractivity contribution is 0.623. The van der Waals surface area contributed by atoms with Gasteiger partial charge in [0.2, 0.25) is 0 Å². The van der Waals surface area contributed by atoms with Gasteiger partial charge in [-0.05, 0) is 19.1 Å². The summed E-state index contributed by atoms with van der Waals surface area (Å²) in [7, 11) is 0. The second-order valence-electron chi connectivity index (χ2n) is 2.63. The maximum atomic E-state index is 13.1. The van der Waals surface area contributed by atoms with E-state index in [1.165, 1.54) is 6.07 Å². The highest BCUT2D eigenvalue weighted by atomic mass is 19.1. The van der Waals surface area contributed by atoms with Crippen LogP contribution in [0.2, 0.25) is 0 Å². The first kappa shape index (κ1) is 9.27. The van der Waals surface area contributed by atoms with Gasteiger partial charge in [-0.1, -0.05) is 12.1 Å². The molecule has 0 spiro atoms. The molecule has 0 saturated heterocycles. The van der Waals surface area contributed by atoms with Crippen LogP contribution in [0.5, 0.6) is 0 Å². The number of hydrogen-bond donors (Lipinski definition) is 1. The van der Waals surface area contributed by atoms with Crippen LogP contribution in [-0.4, -0.2) is 0 Å². The van der Waals surface area contributed by atoms with Gasteiger partial charge in [-0.2, -0.15) is 5.26 Å². The van der Waals surface area contributed by atoms with Crippen LogP contribution in [0.25, 0.3) is 5.70 Å². The van der Waals surface area contributed by atoms with Crippen LogP contribution in [0, 0.1) is 17.1 Å². The zero-order valence-corrected chi connectivity index (χ0v) is 7.21. The van der Waals surface area contributed by atoms with E-state index in [4.69, 9.17) is 11.0 Å². The van der Waals surface area contributed by atoms with Gasteiger partial charge in [0.25, 0.3) is 0 Å². The van der Waals surface area contributed by atoms with Gasteiger partial charge < -0.3 is 5.73 Å². The lowest BCUT2D eigenvalue weighted by atomic mass is 10.1. The summed E-state index contributed by atoms with van der Waals surface area (Å²) >= 11 is 0. The second-order valence-corrected chi connectivity index (χ2v) is 2.63. The first-order valence-corrected chi connectivity index (χ1v) is 3.78. The Hall–Kier alpha value is -1.82. The van der Waals surface area contributed by atoms with Crippen LogP contribution in [0.4, 0.5) is 4.39 Å². The van der Waals surface area contributed by atoms with Gasteiger partial charge in [-0.3, -0.25) is 0 Å². The molecule has 0 aliphatic heterocycles. The summed E-state index contributed by atoms with van der Waals surface area (Å²) in [6.07, 6.45) is 0. The van der Waals surface area contributed by atoms with E-state index < -0.39 is 5.82 Å². The number of hydrogen-bond acceptors (Lipinski definition) is 2. The molecule has 2 N–H and O–H groups in total. The Bertz CT molecular complexity index is 388. The van der Waals surface area contributed by atoms with Crippen LogP contribution in [-0.2, 0) is 0 Å². The highest BCUT2D eigenvalue weighted by Gasteiger charge is 2.05. The van der Waals surface area contributed by atoms with Crippen molar-refractivity contribution in [2.75, 3.05) is 0 Å². The van der Waals surface area contributed by atoms with Crippen molar-refractivity contribution in [1.29, 1.82) is 5.26 Å². The van der Waals surface area contributed by atoms with Crippen LogP contribution in [0.15, 0.2) is 29.8 Å². The van der Waals surface area contributed by atoms with Crippen LogP contribution < -0.4 is 5.73 Å². The predicted molar refractivity (Wildman–Crippen MR) is 48.8 cm³/mol. The molecule has 1 aromatic rings. The third-order valence-corrected chi connectivity index (χ3v) is 1.74. The Morgan fingerprint density at radius 1 is 1.46 bits per heavy atom. The van der Waals surface area contributed by atoms with Crippen molar-refractivity contribution in [3.63, 3.8) is 0 Å². The zero-order chi connectivity index (χ0) is 9.84. The normalized spacial score (nSPS) is 11.8. The highest BCUT2D eigenvalue weighted by Crippen LogP contribution is 2.16. The van der Waals surface area contributed by atoms with Crippen molar-refractivity contribution >= 4 is 5.70 Å². The molecule has 66 valence electrons. The minimum Gasteiger partial charge on any atom is -0.397 e. The molecule has 0 heterocycles. The molecule has 0 unspecified atom stereocenters. The van der Waals surface area contributed by atoms with E-state index in [-0.39, 0.29) is 11.3 Å². The van der Waals surface area contributed by atoms with Crippen molar-refractivity contribution in [3.05, 3.63) is 41.2 Å².